The first-order valence-electron chi connectivity index (χ1n) is 5.19. The van der Waals surface area contributed by atoms with Gasteiger partial charge in [-0.15, -0.1) is 0 Å². The summed E-state index contributed by atoms with van der Waals surface area (Å²) >= 11 is 0. The molecule has 13 heavy (non-hydrogen) atoms. The van der Waals surface area contributed by atoms with Crippen LogP contribution in [-0.4, -0.2) is 22.3 Å². The Morgan fingerprint density at radius 3 is 2.15 bits per heavy atom. The molecule has 0 radical (unpaired) electrons. The average molecular weight is 205 g/mol. The summed E-state index contributed by atoms with van der Waals surface area (Å²) in [5.41, 5.74) is 5.48. The molecule has 0 heterocycles. The molecule has 0 spiro atoms. The van der Waals surface area contributed by atoms with Crippen LogP contribution in [0.5, 0.6) is 0 Å². The van der Waals surface area contributed by atoms with Crippen LogP contribution in [-0.2, 0) is 10.8 Å². The quantitative estimate of drug-likeness (QED) is 0.688. The van der Waals surface area contributed by atoms with Gasteiger partial charge in [-0.1, -0.05) is 33.6 Å². The lowest BCUT2D eigenvalue weighted by atomic mass is 10.1. The van der Waals surface area contributed by atoms with Gasteiger partial charge >= 0.3 is 0 Å². The summed E-state index contributed by atoms with van der Waals surface area (Å²) in [7, 11) is -0.660. The third kappa shape index (κ3) is 6.22. The molecule has 0 aliphatic rings. The molecule has 0 amide bonds. The third-order valence-electron chi connectivity index (χ3n) is 2.45. The van der Waals surface area contributed by atoms with Crippen molar-refractivity contribution < 1.29 is 4.21 Å². The van der Waals surface area contributed by atoms with Crippen molar-refractivity contribution in [2.45, 2.75) is 33.6 Å². The summed E-state index contributed by atoms with van der Waals surface area (Å²) in [5, 5.41) is 0. The highest BCUT2D eigenvalue weighted by atomic mass is 32.2. The molecule has 80 valence electrons. The molecule has 0 aliphatic carbocycles. The highest BCUT2D eigenvalue weighted by molar-refractivity contribution is 7.85. The summed E-state index contributed by atoms with van der Waals surface area (Å²) in [4.78, 5) is 0. The molecule has 2 atom stereocenters. The predicted octanol–water partition coefficient (Wildman–Crippen LogP) is 1.77. The van der Waals surface area contributed by atoms with E-state index in [-0.39, 0.29) is 0 Å². The van der Waals surface area contributed by atoms with Crippen molar-refractivity contribution in [1.82, 2.24) is 0 Å². The van der Waals surface area contributed by atoms with Crippen LogP contribution in [0.2, 0.25) is 0 Å². The Bertz CT molecular complexity index is 146. The zero-order valence-electron chi connectivity index (χ0n) is 9.08. The van der Waals surface area contributed by atoms with Crippen LogP contribution in [0.1, 0.15) is 33.6 Å². The summed E-state index contributed by atoms with van der Waals surface area (Å²) in [6, 6.07) is 0. The Labute approximate surface area is 84.7 Å². The molecule has 2 N–H and O–H groups in total. The van der Waals surface area contributed by atoms with Crippen LogP contribution in [0.15, 0.2) is 0 Å². The van der Waals surface area contributed by atoms with Crippen LogP contribution in [0, 0.1) is 11.8 Å². The maximum absolute atomic E-state index is 11.6. The fourth-order valence-electron chi connectivity index (χ4n) is 1.24. The summed E-state index contributed by atoms with van der Waals surface area (Å²) in [6.07, 6.45) is 2.28. The molecular weight excluding hydrogens is 182 g/mol. The zero-order valence-corrected chi connectivity index (χ0v) is 9.90. The molecule has 0 fully saturated rings. The second kappa shape index (κ2) is 7.51. The first-order valence-corrected chi connectivity index (χ1v) is 6.67. The second-order valence-corrected chi connectivity index (χ2v) is 5.34. The van der Waals surface area contributed by atoms with Gasteiger partial charge in [-0.25, -0.2) is 0 Å². The van der Waals surface area contributed by atoms with Gasteiger partial charge in [0.2, 0.25) is 0 Å². The van der Waals surface area contributed by atoms with Crippen LogP contribution >= 0.6 is 0 Å². The van der Waals surface area contributed by atoms with Crippen LogP contribution in [0.3, 0.4) is 0 Å². The predicted molar refractivity (Wildman–Crippen MR) is 60.2 cm³/mol. The summed E-state index contributed by atoms with van der Waals surface area (Å²) in [6.45, 7) is 7.04. The van der Waals surface area contributed by atoms with E-state index in [1.54, 1.807) is 0 Å². The molecule has 2 unspecified atom stereocenters. The number of hydrogen-bond donors (Lipinski definition) is 1. The Morgan fingerprint density at radius 2 is 1.77 bits per heavy atom. The van der Waals surface area contributed by atoms with Crippen molar-refractivity contribution in [3.63, 3.8) is 0 Å². The van der Waals surface area contributed by atoms with Crippen LogP contribution in [0.4, 0.5) is 0 Å². The van der Waals surface area contributed by atoms with Gasteiger partial charge in [-0.05, 0) is 18.4 Å². The fraction of sp³-hybridized carbons (Fsp3) is 1.00. The third-order valence-corrected chi connectivity index (χ3v) is 4.23. The molecular formula is C10H23NOS. The van der Waals surface area contributed by atoms with E-state index in [9.17, 15) is 4.21 Å². The van der Waals surface area contributed by atoms with Gasteiger partial charge in [0, 0.05) is 22.3 Å². The molecule has 0 aromatic rings. The monoisotopic (exact) mass is 205 g/mol. The van der Waals surface area contributed by atoms with Gasteiger partial charge in [-0.2, -0.15) is 0 Å². The van der Waals surface area contributed by atoms with Gasteiger partial charge in [0.05, 0.1) is 0 Å². The van der Waals surface area contributed by atoms with Gasteiger partial charge in [-0.3, -0.25) is 4.21 Å². The van der Waals surface area contributed by atoms with E-state index in [4.69, 9.17) is 5.73 Å². The second-order valence-electron chi connectivity index (χ2n) is 3.80. The van der Waals surface area contributed by atoms with Crippen molar-refractivity contribution in [3.8, 4) is 0 Å². The van der Waals surface area contributed by atoms with Gasteiger partial charge in [0.15, 0.2) is 0 Å². The van der Waals surface area contributed by atoms with Crippen molar-refractivity contribution in [2.75, 3.05) is 18.1 Å². The fourth-order valence-corrected chi connectivity index (χ4v) is 3.14. The van der Waals surface area contributed by atoms with E-state index in [2.05, 4.69) is 20.8 Å². The highest BCUT2D eigenvalue weighted by Crippen LogP contribution is 2.10. The summed E-state index contributed by atoms with van der Waals surface area (Å²) < 4.78 is 11.6. The van der Waals surface area contributed by atoms with Crippen molar-refractivity contribution in [1.29, 1.82) is 0 Å². The molecule has 0 bridgehead atoms. The average Bonchev–Trinajstić information content (AvgIpc) is 2.13. The standard InChI is InChI=1S/C10H23NOS/c1-4-10(5-2)8-13(12)7-9(3)6-11/h9-10H,4-8,11H2,1-3H3. The topological polar surface area (TPSA) is 43.1 Å². The maximum atomic E-state index is 11.6. The van der Waals surface area contributed by atoms with E-state index in [0.29, 0.717) is 18.4 Å². The Hall–Kier alpha value is 0.110. The lowest BCUT2D eigenvalue weighted by molar-refractivity contribution is 0.541. The smallest absolute Gasteiger partial charge is 0.0272 e. The van der Waals surface area contributed by atoms with E-state index in [1.807, 2.05) is 0 Å². The number of hydrogen-bond acceptors (Lipinski definition) is 2. The maximum Gasteiger partial charge on any atom is 0.0272 e. The minimum Gasteiger partial charge on any atom is -0.330 e. The van der Waals surface area contributed by atoms with Crippen LogP contribution in [0.25, 0.3) is 0 Å². The first-order chi connectivity index (χ1) is 6.13. The van der Waals surface area contributed by atoms with E-state index < -0.39 is 10.8 Å². The van der Waals surface area contributed by atoms with Crippen molar-refractivity contribution in [3.05, 3.63) is 0 Å². The molecule has 0 saturated heterocycles. The Morgan fingerprint density at radius 1 is 1.23 bits per heavy atom. The minimum atomic E-state index is -0.660. The van der Waals surface area contributed by atoms with E-state index in [0.717, 1.165) is 24.3 Å². The highest BCUT2D eigenvalue weighted by Gasteiger charge is 2.11. The molecule has 0 aliphatic heterocycles. The van der Waals surface area contributed by atoms with Crippen LogP contribution < -0.4 is 5.73 Å². The number of nitrogens with two attached hydrogens (primary N) is 1. The Balaban J connectivity index is 3.72. The van der Waals surface area contributed by atoms with Gasteiger partial charge < -0.3 is 5.73 Å². The molecule has 0 aromatic carbocycles. The normalized spacial score (nSPS) is 16.1. The first kappa shape index (κ1) is 13.1. The SMILES string of the molecule is CCC(CC)CS(=O)CC(C)CN. The van der Waals surface area contributed by atoms with Crippen molar-refractivity contribution >= 4 is 10.8 Å². The largest absolute Gasteiger partial charge is 0.330 e. The minimum absolute atomic E-state index is 0.398. The molecule has 3 heteroatoms. The molecule has 0 aromatic heterocycles. The molecule has 0 saturated carbocycles. The van der Waals surface area contributed by atoms with E-state index in [1.165, 1.54) is 0 Å². The van der Waals surface area contributed by atoms with Crippen molar-refractivity contribution in [2.24, 2.45) is 17.6 Å². The van der Waals surface area contributed by atoms with E-state index >= 15 is 0 Å². The lowest BCUT2D eigenvalue weighted by Crippen LogP contribution is -2.21. The summed E-state index contributed by atoms with van der Waals surface area (Å²) in [5.74, 6) is 2.66. The zero-order chi connectivity index (χ0) is 10.3. The number of rotatable bonds is 7. The lowest BCUT2D eigenvalue weighted by Gasteiger charge is -2.13. The van der Waals surface area contributed by atoms with Gasteiger partial charge in [0.25, 0.3) is 0 Å². The molecule has 0 rings (SSSR count). The molecule has 2 nitrogen and oxygen atoms in total. The van der Waals surface area contributed by atoms with Gasteiger partial charge in [0.1, 0.15) is 0 Å². The Kier molecular flexibility index (Phi) is 7.57.